The molecule has 0 unspecified atom stereocenters. The van der Waals surface area contributed by atoms with Gasteiger partial charge in [-0.05, 0) is 64.3 Å². The van der Waals surface area contributed by atoms with Gasteiger partial charge in [-0.2, -0.15) is 0 Å². The van der Waals surface area contributed by atoms with Gasteiger partial charge < -0.3 is 4.74 Å². The molecular weight excluding hydrogens is 352 g/mol. The summed E-state index contributed by atoms with van der Waals surface area (Å²) in [6.07, 6.45) is 4.90. The van der Waals surface area contributed by atoms with Crippen LogP contribution in [0, 0.1) is 12.8 Å². The lowest BCUT2D eigenvalue weighted by molar-refractivity contribution is -0.0732. The van der Waals surface area contributed by atoms with Gasteiger partial charge in [0.25, 0.3) is 5.56 Å². The van der Waals surface area contributed by atoms with Crippen molar-refractivity contribution in [1.82, 2.24) is 19.2 Å². The molecule has 2 aromatic rings. The van der Waals surface area contributed by atoms with Gasteiger partial charge in [-0.1, -0.05) is 6.07 Å². The van der Waals surface area contributed by atoms with Crippen LogP contribution in [-0.2, 0) is 11.3 Å². The van der Waals surface area contributed by atoms with Crippen molar-refractivity contribution in [3.8, 4) is 0 Å². The van der Waals surface area contributed by atoms with Gasteiger partial charge in [0.05, 0.1) is 17.9 Å². The zero-order chi connectivity index (χ0) is 19.7. The first-order valence-corrected chi connectivity index (χ1v) is 10.6. The van der Waals surface area contributed by atoms with E-state index in [-0.39, 0.29) is 5.56 Å². The van der Waals surface area contributed by atoms with Crippen molar-refractivity contribution >= 4 is 5.65 Å². The molecule has 2 aliphatic rings. The van der Waals surface area contributed by atoms with Gasteiger partial charge in [0.15, 0.2) is 0 Å². The molecule has 2 aromatic heterocycles. The molecule has 0 amide bonds. The third kappa shape index (κ3) is 4.45. The first-order chi connectivity index (χ1) is 13.5. The van der Waals surface area contributed by atoms with Crippen LogP contribution in [0.3, 0.4) is 0 Å². The summed E-state index contributed by atoms with van der Waals surface area (Å²) < 4.78 is 7.49. The number of rotatable bonds is 4. The Balaban J connectivity index is 1.34. The molecule has 4 heterocycles. The zero-order valence-corrected chi connectivity index (χ0v) is 17.3. The molecule has 0 aromatic carbocycles. The Bertz CT molecular complexity index is 862. The van der Waals surface area contributed by atoms with Crippen LogP contribution in [0.15, 0.2) is 29.2 Å². The Labute approximate surface area is 167 Å². The van der Waals surface area contributed by atoms with Crippen LogP contribution >= 0.6 is 0 Å². The minimum Gasteiger partial charge on any atom is -0.373 e. The van der Waals surface area contributed by atoms with E-state index in [9.17, 15) is 4.79 Å². The summed E-state index contributed by atoms with van der Waals surface area (Å²) in [5, 5.41) is 0. The molecule has 6 heteroatoms. The van der Waals surface area contributed by atoms with Crippen molar-refractivity contribution in [2.24, 2.45) is 5.92 Å². The average Bonchev–Trinajstić information content (AvgIpc) is 2.64. The Morgan fingerprint density at radius 3 is 2.57 bits per heavy atom. The SMILES string of the molecule is Cc1cccn2c(=O)cc(CN3CCC(CN4C[C@@H](C)O[C@@H](C)C4)CC3)nc12. The van der Waals surface area contributed by atoms with E-state index in [1.165, 1.54) is 19.4 Å². The summed E-state index contributed by atoms with van der Waals surface area (Å²) in [5.74, 6) is 0.756. The number of nitrogens with zero attached hydrogens (tertiary/aromatic N) is 4. The van der Waals surface area contributed by atoms with Gasteiger partial charge in [0, 0.05) is 38.4 Å². The number of aryl methyl sites for hydroxylation is 1. The van der Waals surface area contributed by atoms with Gasteiger partial charge in [-0.25, -0.2) is 4.98 Å². The van der Waals surface area contributed by atoms with Crippen molar-refractivity contribution in [3.05, 3.63) is 46.0 Å². The second kappa shape index (κ2) is 8.31. The highest BCUT2D eigenvalue weighted by atomic mass is 16.5. The number of piperidine rings is 1. The molecule has 0 N–H and O–H groups in total. The number of ether oxygens (including phenoxy) is 1. The average molecular weight is 385 g/mol. The molecule has 0 radical (unpaired) electrons. The quantitative estimate of drug-likeness (QED) is 0.810. The maximum Gasteiger partial charge on any atom is 0.258 e. The summed E-state index contributed by atoms with van der Waals surface area (Å²) in [6, 6.07) is 5.59. The Hall–Kier alpha value is -1.76. The monoisotopic (exact) mass is 384 g/mol. The summed E-state index contributed by atoms with van der Waals surface area (Å²) in [5.41, 5.74) is 2.70. The zero-order valence-electron chi connectivity index (χ0n) is 17.3. The van der Waals surface area contributed by atoms with E-state index in [1.807, 2.05) is 19.1 Å². The number of morpholine rings is 1. The molecule has 28 heavy (non-hydrogen) atoms. The van der Waals surface area contributed by atoms with E-state index >= 15 is 0 Å². The molecule has 2 aliphatic heterocycles. The first-order valence-electron chi connectivity index (χ1n) is 10.6. The van der Waals surface area contributed by atoms with E-state index in [0.29, 0.717) is 12.2 Å². The van der Waals surface area contributed by atoms with Crippen LogP contribution in [0.2, 0.25) is 0 Å². The van der Waals surface area contributed by atoms with Crippen molar-refractivity contribution in [2.45, 2.75) is 52.4 Å². The summed E-state index contributed by atoms with van der Waals surface area (Å²) >= 11 is 0. The molecule has 0 spiro atoms. The van der Waals surface area contributed by atoms with E-state index in [0.717, 1.165) is 55.5 Å². The van der Waals surface area contributed by atoms with Gasteiger partial charge in [-0.15, -0.1) is 0 Å². The van der Waals surface area contributed by atoms with Crippen LogP contribution in [-0.4, -0.2) is 64.1 Å². The lowest BCUT2D eigenvalue weighted by Crippen LogP contribution is -2.48. The highest BCUT2D eigenvalue weighted by Gasteiger charge is 2.26. The summed E-state index contributed by atoms with van der Waals surface area (Å²) in [4.78, 5) is 22.2. The maximum absolute atomic E-state index is 12.4. The third-order valence-corrected chi connectivity index (χ3v) is 6.04. The molecule has 2 fully saturated rings. The second-order valence-electron chi connectivity index (χ2n) is 8.67. The topological polar surface area (TPSA) is 50.1 Å². The number of hydrogen-bond donors (Lipinski definition) is 0. The van der Waals surface area contributed by atoms with Gasteiger partial charge in [-0.3, -0.25) is 19.0 Å². The van der Waals surface area contributed by atoms with E-state index in [1.54, 1.807) is 16.7 Å². The third-order valence-electron chi connectivity index (χ3n) is 6.04. The largest absolute Gasteiger partial charge is 0.373 e. The van der Waals surface area contributed by atoms with Crippen LogP contribution in [0.5, 0.6) is 0 Å². The number of likely N-dealkylation sites (tertiary alicyclic amines) is 1. The van der Waals surface area contributed by atoms with E-state index < -0.39 is 0 Å². The van der Waals surface area contributed by atoms with E-state index in [4.69, 9.17) is 9.72 Å². The lowest BCUT2D eigenvalue weighted by Gasteiger charge is -2.39. The minimum absolute atomic E-state index is 0.00847. The van der Waals surface area contributed by atoms with Crippen LogP contribution < -0.4 is 5.56 Å². The highest BCUT2D eigenvalue weighted by Crippen LogP contribution is 2.22. The van der Waals surface area contributed by atoms with Gasteiger partial charge >= 0.3 is 0 Å². The van der Waals surface area contributed by atoms with Crippen LogP contribution in [0.4, 0.5) is 0 Å². The molecule has 152 valence electrons. The van der Waals surface area contributed by atoms with Crippen molar-refractivity contribution in [2.75, 3.05) is 32.7 Å². The Kier molecular flexibility index (Phi) is 5.80. The normalized spacial score (nSPS) is 25.4. The standard InChI is InChI=1S/C22H32N4O2/c1-16-5-4-8-26-21(27)11-20(23-22(16)26)15-24-9-6-19(7-10-24)14-25-12-17(2)28-18(3)13-25/h4-5,8,11,17-19H,6-7,9-10,12-15H2,1-3H3/t17-,18+. The fourth-order valence-corrected chi connectivity index (χ4v) is 4.74. The van der Waals surface area contributed by atoms with Crippen LogP contribution in [0.25, 0.3) is 5.65 Å². The maximum atomic E-state index is 12.4. The smallest absolute Gasteiger partial charge is 0.258 e. The number of hydrogen-bond acceptors (Lipinski definition) is 5. The van der Waals surface area contributed by atoms with Gasteiger partial charge in [0.2, 0.25) is 0 Å². The number of pyridine rings is 1. The number of fused-ring (bicyclic) bond motifs is 1. The minimum atomic E-state index is 0.00847. The molecular formula is C22H32N4O2. The molecule has 0 saturated carbocycles. The van der Waals surface area contributed by atoms with Crippen LogP contribution in [0.1, 0.15) is 37.9 Å². The Morgan fingerprint density at radius 2 is 1.86 bits per heavy atom. The Morgan fingerprint density at radius 1 is 1.14 bits per heavy atom. The fourth-order valence-electron chi connectivity index (χ4n) is 4.74. The van der Waals surface area contributed by atoms with E-state index in [2.05, 4.69) is 23.6 Å². The lowest BCUT2D eigenvalue weighted by atomic mass is 9.95. The predicted molar refractivity (Wildman–Crippen MR) is 111 cm³/mol. The molecule has 2 atom stereocenters. The van der Waals surface area contributed by atoms with Crippen molar-refractivity contribution in [3.63, 3.8) is 0 Å². The molecule has 2 saturated heterocycles. The van der Waals surface area contributed by atoms with Crippen molar-refractivity contribution in [1.29, 1.82) is 0 Å². The highest BCUT2D eigenvalue weighted by molar-refractivity contribution is 5.46. The number of aromatic nitrogens is 2. The molecule has 0 bridgehead atoms. The van der Waals surface area contributed by atoms with Gasteiger partial charge in [0.1, 0.15) is 5.65 Å². The predicted octanol–water partition coefficient (Wildman–Crippen LogP) is 2.32. The molecule has 4 rings (SSSR count). The van der Waals surface area contributed by atoms with Crippen molar-refractivity contribution < 1.29 is 4.74 Å². The second-order valence-corrected chi connectivity index (χ2v) is 8.67. The summed E-state index contributed by atoms with van der Waals surface area (Å²) in [7, 11) is 0. The molecule has 6 nitrogen and oxygen atoms in total. The fraction of sp³-hybridized carbons (Fsp3) is 0.636. The summed E-state index contributed by atoms with van der Waals surface area (Å²) in [6.45, 7) is 12.6. The first kappa shape index (κ1) is 19.6. The molecule has 0 aliphatic carbocycles.